The molecule has 1 heterocycles. The molecular weight excluding hydrogens is 255 g/mol. The first-order valence-electron chi connectivity index (χ1n) is 3.48. The standard InChI is InChI=1S/C7H11IN2O/c1-5(2)6-7(8)10(4-11)3-9-6/h3,5,11H,4H2,1-2H3. The van der Waals surface area contributed by atoms with E-state index in [-0.39, 0.29) is 6.73 Å². The molecule has 4 heteroatoms. The third-order valence-electron chi connectivity index (χ3n) is 1.50. The number of aliphatic hydroxyl groups excluding tert-OH is 1. The van der Waals surface area contributed by atoms with Crippen LogP contribution in [-0.2, 0) is 6.73 Å². The molecule has 0 saturated heterocycles. The Morgan fingerprint density at radius 2 is 2.36 bits per heavy atom. The van der Waals surface area contributed by atoms with Crippen molar-refractivity contribution in [3.63, 3.8) is 0 Å². The first kappa shape index (κ1) is 8.99. The second kappa shape index (κ2) is 3.53. The first-order chi connectivity index (χ1) is 5.16. The molecule has 1 aromatic heterocycles. The van der Waals surface area contributed by atoms with Crippen LogP contribution in [0.3, 0.4) is 0 Å². The molecule has 0 bridgehead atoms. The fraction of sp³-hybridized carbons (Fsp3) is 0.571. The number of halogens is 1. The lowest BCUT2D eigenvalue weighted by Crippen LogP contribution is -1.99. The fourth-order valence-electron chi connectivity index (χ4n) is 0.869. The molecule has 0 atom stereocenters. The third-order valence-corrected chi connectivity index (χ3v) is 2.67. The van der Waals surface area contributed by atoms with E-state index in [9.17, 15) is 0 Å². The molecular formula is C7H11IN2O. The Bertz CT molecular complexity index is 245. The Labute approximate surface area is 79.6 Å². The molecule has 1 N–H and O–H groups in total. The zero-order valence-corrected chi connectivity index (χ0v) is 8.74. The van der Waals surface area contributed by atoms with E-state index in [0.717, 1.165) is 9.39 Å². The topological polar surface area (TPSA) is 38.0 Å². The van der Waals surface area contributed by atoms with Crippen LogP contribution in [0.5, 0.6) is 0 Å². The van der Waals surface area contributed by atoms with E-state index in [0.29, 0.717) is 5.92 Å². The van der Waals surface area contributed by atoms with Gasteiger partial charge in [-0.3, -0.25) is 0 Å². The molecule has 0 fully saturated rings. The monoisotopic (exact) mass is 266 g/mol. The summed E-state index contributed by atoms with van der Waals surface area (Å²) in [5, 5.41) is 8.83. The highest BCUT2D eigenvalue weighted by Gasteiger charge is 2.09. The van der Waals surface area contributed by atoms with Crippen molar-refractivity contribution in [2.75, 3.05) is 0 Å². The van der Waals surface area contributed by atoms with Crippen LogP contribution in [0.1, 0.15) is 25.5 Å². The average Bonchev–Trinajstić information content (AvgIpc) is 2.30. The highest BCUT2D eigenvalue weighted by molar-refractivity contribution is 14.1. The Balaban J connectivity index is 3.00. The van der Waals surface area contributed by atoms with E-state index in [1.807, 2.05) is 0 Å². The molecule has 62 valence electrons. The van der Waals surface area contributed by atoms with Crippen molar-refractivity contribution in [1.82, 2.24) is 9.55 Å². The maximum atomic E-state index is 8.83. The molecule has 0 aliphatic rings. The van der Waals surface area contributed by atoms with Crippen LogP contribution in [0.4, 0.5) is 0 Å². The van der Waals surface area contributed by atoms with Gasteiger partial charge in [0.25, 0.3) is 0 Å². The molecule has 0 spiro atoms. The summed E-state index contributed by atoms with van der Waals surface area (Å²) in [7, 11) is 0. The summed E-state index contributed by atoms with van der Waals surface area (Å²) in [4.78, 5) is 4.18. The molecule has 11 heavy (non-hydrogen) atoms. The van der Waals surface area contributed by atoms with E-state index < -0.39 is 0 Å². The van der Waals surface area contributed by atoms with Gasteiger partial charge >= 0.3 is 0 Å². The smallest absolute Gasteiger partial charge is 0.121 e. The molecule has 0 aromatic carbocycles. The normalized spacial score (nSPS) is 11.0. The molecule has 3 nitrogen and oxygen atoms in total. The van der Waals surface area contributed by atoms with Gasteiger partial charge < -0.3 is 9.67 Å². The van der Waals surface area contributed by atoms with Crippen LogP contribution >= 0.6 is 22.6 Å². The van der Waals surface area contributed by atoms with Gasteiger partial charge in [-0.15, -0.1) is 0 Å². The van der Waals surface area contributed by atoms with Crippen molar-refractivity contribution in [1.29, 1.82) is 0 Å². The van der Waals surface area contributed by atoms with Crippen LogP contribution < -0.4 is 0 Å². The van der Waals surface area contributed by atoms with E-state index in [1.54, 1.807) is 10.9 Å². The van der Waals surface area contributed by atoms with E-state index >= 15 is 0 Å². The van der Waals surface area contributed by atoms with Crippen molar-refractivity contribution < 1.29 is 5.11 Å². The highest BCUT2D eigenvalue weighted by atomic mass is 127. The number of aromatic nitrogens is 2. The first-order valence-corrected chi connectivity index (χ1v) is 4.56. The summed E-state index contributed by atoms with van der Waals surface area (Å²) in [6, 6.07) is 0. The van der Waals surface area contributed by atoms with Crippen molar-refractivity contribution >= 4 is 22.6 Å². The Kier molecular flexibility index (Phi) is 2.89. The Hall–Kier alpha value is -0.100. The van der Waals surface area contributed by atoms with Gasteiger partial charge in [-0.2, -0.15) is 0 Å². The van der Waals surface area contributed by atoms with Gasteiger partial charge in [0.05, 0.1) is 12.0 Å². The summed E-state index contributed by atoms with van der Waals surface area (Å²) in [6.07, 6.45) is 1.66. The minimum absolute atomic E-state index is 0.0119. The molecule has 0 amide bonds. The van der Waals surface area contributed by atoms with Gasteiger partial charge in [0.1, 0.15) is 10.4 Å². The predicted octanol–water partition coefficient (Wildman–Crippen LogP) is 1.56. The maximum absolute atomic E-state index is 8.83. The van der Waals surface area contributed by atoms with Crippen molar-refractivity contribution in [2.24, 2.45) is 0 Å². The zero-order chi connectivity index (χ0) is 8.43. The van der Waals surface area contributed by atoms with Gasteiger partial charge in [0, 0.05) is 0 Å². The Morgan fingerprint density at radius 3 is 2.64 bits per heavy atom. The summed E-state index contributed by atoms with van der Waals surface area (Å²) < 4.78 is 2.75. The van der Waals surface area contributed by atoms with E-state index in [1.165, 1.54) is 0 Å². The summed E-state index contributed by atoms with van der Waals surface area (Å²) in [5.41, 5.74) is 1.06. The number of nitrogens with zero attached hydrogens (tertiary/aromatic N) is 2. The fourth-order valence-corrected chi connectivity index (χ4v) is 1.91. The van der Waals surface area contributed by atoms with Crippen LogP contribution in [0.2, 0.25) is 0 Å². The lowest BCUT2D eigenvalue weighted by atomic mass is 10.2. The van der Waals surface area contributed by atoms with Crippen LogP contribution in [0.15, 0.2) is 6.33 Å². The number of hydrogen-bond acceptors (Lipinski definition) is 2. The van der Waals surface area contributed by atoms with E-state index in [4.69, 9.17) is 5.11 Å². The molecule has 0 unspecified atom stereocenters. The minimum atomic E-state index is 0.0119. The highest BCUT2D eigenvalue weighted by Crippen LogP contribution is 2.18. The van der Waals surface area contributed by atoms with Crippen molar-refractivity contribution in [3.05, 3.63) is 15.7 Å². The number of hydrogen-bond donors (Lipinski definition) is 1. The van der Waals surface area contributed by atoms with Crippen LogP contribution in [-0.4, -0.2) is 14.7 Å². The molecule has 1 rings (SSSR count). The zero-order valence-electron chi connectivity index (χ0n) is 6.58. The number of rotatable bonds is 2. The number of imidazole rings is 1. The molecule has 1 aromatic rings. The summed E-state index contributed by atoms with van der Waals surface area (Å²) >= 11 is 2.19. The molecule has 0 saturated carbocycles. The van der Waals surface area contributed by atoms with Crippen molar-refractivity contribution in [2.45, 2.75) is 26.5 Å². The average molecular weight is 266 g/mol. The van der Waals surface area contributed by atoms with Crippen LogP contribution in [0.25, 0.3) is 0 Å². The van der Waals surface area contributed by atoms with Gasteiger partial charge in [-0.1, -0.05) is 13.8 Å². The summed E-state index contributed by atoms with van der Waals surface area (Å²) in [6.45, 7) is 4.19. The quantitative estimate of drug-likeness (QED) is 0.825. The third kappa shape index (κ3) is 1.73. The lowest BCUT2D eigenvalue weighted by Gasteiger charge is -2.01. The van der Waals surface area contributed by atoms with Gasteiger partial charge in [0.2, 0.25) is 0 Å². The van der Waals surface area contributed by atoms with Crippen molar-refractivity contribution in [3.8, 4) is 0 Å². The van der Waals surface area contributed by atoms with Crippen LogP contribution in [0, 0.1) is 3.70 Å². The van der Waals surface area contributed by atoms with Gasteiger partial charge in [0.15, 0.2) is 0 Å². The van der Waals surface area contributed by atoms with Gasteiger partial charge in [-0.25, -0.2) is 4.98 Å². The molecule has 0 aliphatic carbocycles. The SMILES string of the molecule is CC(C)c1ncn(CO)c1I. The lowest BCUT2D eigenvalue weighted by molar-refractivity contribution is 0.207. The maximum Gasteiger partial charge on any atom is 0.121 e. The summed E-state index contributed by atoms with van der Waals surface area (Å²) in [5.74, 6) is 0.426. The largest absolute Gasteiger partial charge is 0.376 e. The Morgan fingerprint density at radius 1 is 1.73 bits per heavy atom. The second-order valence-electron chi connectivity index (χ2n) is 2.69. The van der Waals surface area contributed by atoms with E-state index in [2.05, 4.69) is 41.4 Å². The molecule has 0 radical (unpaired) electrons. The van der Waals surface area contributed by atoms with Gasteiger partial charge in [-0.05, 0) is 28.5 Å². The number of aliphatic hydroxyl groups is 1. The molecule has 0 aliphatic heterocycles. The predicted molar refractivity (Wildman–Crippen MR) is 51.3 cm³/mol. The second-order valence-corrected chi connectivity index (χ2v) is 3.71. The minimum Gasteiger partial charge on any atom is -0.376 e.